The number of amides is 1. The molecule has 1 saturated heterocycles. The maximum atomic E-state index is 13.2. The molecule has 1 fully saturated rings. The van der Waals surface area contributed by atoms with Gasteiger partial charge in [0.15, 0.2) is 0 Å². The number of carbonyl (C=O) groups excluding carboxylic acids is 1. The van der Waals surface area contributed by atoms with E-state index in [9.17, 15) is 14.7 Å². The van der Waals surface area contributed by atoms with Crippen LogP contribution >= 0.6 is 0 Å². The Hall–Kier alpha value is -2.62. The van der Waals surface area contributed by atoms with Crippen LogP contribution in [0, 0.1) is 0 Å². The van der Waals surface area contributed by atoms with E-state index < -0.39 is 11.4 Å². The highest BCUT2D eigenvalue weighted by atomic mass is 16.4. The van der Waals surface area contributed by atoms with E-state index in [0.717, 1.165) is 30.4 Å². The molecular weight excluding hydrogens is 338 g/mol. The lowest BCUT2D eigenvalue weighted by Gasteiger charge is -2.41. The van der Waals surface area contributed by atoms with Crippen LogP contribution < -0.4 is 0 Å². The molecule has 1 amide bonds. The number of hydrogen-bond acceptors (Lipinski definition) is 2. The van der Waals surface area contributed by atoms with Gasteiger partial charge in [-0.1, -0.05) is 54.6 Å². The lowest BCUT2D eigenvalue weighted by atomic mass is 9.72. The summed E-state index contributed by atoms with van der Waals surface area (Å²) in [6, 6.07) is 17.7. The SMILES string of the molecule is O=C(C1CCCc2ccccc21)N1CCC(C(=O)O)(c2ccccc2)CC1. The first-order valence-corrected chi connectivity index (χ1v) is 9.77. The van der Waals surface area contributed by atoms with Gasteiger partial charge in [0.05, 0.1) is 11.3 Å². The van der Waals surface area contributed by atoms with Gasteiger partial charge in [0.25, 0.3) is 0 Å². The van der Waals surface area contributed by atoms with Crippen molar-refractivity contribution in [1.82, 2.24) is 4.90 Å². The number of rotatable bonds is 3. The summed E-state index contributed by atoms with van der Waals surface area (Å²) in [6.07, 6.45) is 3.88. The first-order valence-electron chi connectivity index (χ1n) is 9.77. The molecule has 140 valence electrons. The molecule has 0 radical (unpaired) electrons. The molecule has 0 aromatic heterocycles. The van der Waals surface area contributed by atoms with E-state index in [0.29, 0.717) is 25.9 Å². The predicted octanol–water partition coefficient (Wildman–Crippen LogP) is 3.75. The Kier molecular flexibility index (Phi) is 4.73. The highest BCUT2D eigenvalue weighted by Crippen LogP contribution is 2.38. The fourth-order valence-electron chi connectivity index (χ4n) is 4.72. The summed E-state index contributed by atoms with van der Waals surface area (Å²) in [5.74, 6) is -0.706. The van der Waals surface area contributed by atoms with Crippen LogP contribution in [0.25, 0.3) is 0 Å². The third-order valence-corrected chi connectivity index (χ3v) is 6.33. The molecule has 0 spiro atoms. The Labute approximate surface area is 159 Å². The Bertz CT molecular complexity index is 838. The molecule has 1 N–H and O–H groups in total. The molecule has 2 aliphatic rings. The Morgan fingerprint density at radius 1 is 0.963 bits per heavy atom. The average Bonchev–Trinajstić information content (AvgIpc) is 2.73. The largest absolute Gasteiger partial charge is 0.481 e. The number of hydrogen-bond donors (Lipinski definition) is 1. The molecule has 4 heteroatoms. The van der Waals surface area contributed by atoms with Crippen molar-refractivity contribution >= 4 is 11.9 Å². The molecular formula is C23H25NO3. The molecule has 1 atom stereocenters. The molecule has 27 heavy (non-hydrogen) atoms. The highest BCUT2D eigenvalue weighted by molar-refractivity contribution is 5.86. The van der Waals surface area contributed by atoms with Crippen LogP contribution in [0.1, 0.15) is 48.3 Å². The number of benzene rings is 2. The minimum atomic E-state index is -0.886. The van der Waals surface area contributed by atoms with Gasteiger partial charge in [-0.25, -0.2) is 0 Å². The Balaban J connectivity index is 1.53. The van der Waals surface area contributed by atoms with Gasteiger partial charge in [0.2, 0.25) is 5.91 Å². The first-order chi connectivity index (χ1) is 13.1. The normalized spacial score (nSPS) is 21.3. The fraction of sp³-hybridized carbons (Fsp3) is 0.391. The maximum absolute atomic E-state index is 13.2. The van der Waals surface area contributed by atoms with Gasteiger partial charge in [-0.05, 0) is 48.8 Å². The predicted molar refractivity (Wildman–Crippen MR) is 104 cm³/mol. The minimum Gasteiger partial charge on any atom is -0.481 e. The van der Waals surface area contributed by atoms with Gasteiger partial charge in [0.1, 0.15) is 0 Å². The summed E-state index contributed by atoms with van der Waals surface area (Å²) in [5.41, 5.74) is 2.39. The molecule has 2 aromatic carbocycles. The second-order valence-corrected chi connectivity index (χ2v) is 7.72. The summed E-state index contributed by atoms with van der Waals surface area (Å²) in [4.78, 5) is 27.2. The van der Waals surface area contributed by atoms with Crippen LogP contribution in [0.2, 0.25) is 0 Å². The Morgan fingerprint density at radius 2 is 1.63 bits per heavy atom. The van der Waals surface area contributed by atoms with Crippen LogP contribution in [-0.4, -0.2) is 35.0 Å². The molecule has 4 rings (SSSR count). The fourth-order valence-corrected chi connectivity index (χ4v) is 4.72. The second kappa shape index (κ2) is 7.18. The van der Waals surface area contributed by atoms with Gasteiger partial charge >= 0.3 is 5.97 Å². The first kappa shape index (κ1) is 17.8. The third-order valence-electron chi connectivity index (χ3n) is 6.33. The number of nitrogens with zero attached hydrogens (tertiary/aromatic N) is 1. The number of carboxylic acid groups (broad SMARTS) is 1. The van der Waals surface area contributed by atoms with Crippen molar-refractivity contribution < 1.29 is 14.7 Å². The van der Waals surface area contributed by atoms with E-state index in [1.165, 1.54) is 5.56 Å². The number of fused-ring (bicyclic) bond motifs is 1. The average molecular weight is 363 g/mol. The zero-order valence-electron chi connectivity index (χ0n) is 15.4. The summed E-state index contributed by atoms with van der Waals surface area (Å²) in [5, 5.41) is 9.94. The Morgan fingerprint density at radius 3 is 2.33 bits per heavy atom. The standard InChI is InChI=1S/C23H25NO3/c25-21(20-12-6-8-17-7-4-5-11-19(17)20)24-15-13-23(14-16-24,22(26)27)18-9-2-1-3-10-18/h1-5,7,9-11,20H,6,8,12-16H2,(H,26,27). The van der Waals surface area contributed by atoms with Gasteiger partial charge in [-0.2, -0.15) is 0 Å². The van der Waals surface area contributed by atoms with Crippen molar-refractivity contribution in [2.24, 2.45) is 0 Å². The summed E-state index contributed by atoms with van der Waals surface area (Å²) in [7, 11) is 0. The maximum Gasteiger partial charge on any atom is 0.314 e. The monoisotopic (exact) mass is 363 g/mol. The minimum absolute atomic E-state index is 0.0796. The molecule has 1 unspecified atom stereocenters. The van der Waals surface area contributed by atoms with Crippen molar-refractivity contribution in [1.29, 1.82) is 0 Å². The van der Waals surface area contributed by atoms with E-state index in [1.807, 2.05) is 47.4 Å². The van der Waals surface area contributed by atoms with Crippen LogP contribution in [0.15, 0.2) is 54.6 Å². The topological polar surface area (TPSA) is 57.6 Å². The molecule has 0 bridgehead atoms. The second-order valence-electron chi connectivity index (χ2n) is 7.72. The van der Waals surface area contributed by atoms with Crippen molar-refractivity contribution in [3.63, 3.8) is 0 Å². The van der Waals surface area contributed by atoms with E-state index in [4.69, 9.17) is 0 Å². The molecule has 1 heterocycles. The summed E-state index contributed by atoms with van der Waals surface area (Å²) in [6.45, 7) is 0.997. The number of aryl methyl sites for hydroxylation is 1. The number of carboxylic acids is 1. The third kappa shape index (κ3) is 3.14. The van der Waals surface area contributed by atoms with E-state index in [2.05, 4.69) is 12.1 Å². The number of piperidine rings is 1. The number of aliphatic carboxylic acids is 1. The number of carbonyl (C=O) groups is 2. The van der Waals surface area contributed by atoms with Gasteiger partial charge < -0.3 is 10.0 Å². The van der Waals surface area contributed by atoms with Crippen LogP contribution in [0.3, 0.4) is 0 Å². The quantitative estimate of drug-likeness (QED) is 0.903. The summed E-state index contributed by atoms with van der Waals surface area (Å²) >= 11 is 0. The lowest BCUT2D eigenvalue weighted by molar-refractivity contribution is -0.148. The summed E-state index contributed by atoms with van der Waals surface area (Å²) < 4.78 is 0. The molecule has 1 aliphatic heterocycles. The van der Waals surface area contributed by atoms with Gasteiger partial charge in [-0.15, -0.1) is 0 Å². The molecule has 0 saturated carbocycles. The van der Waals surface area contributed by atoms with E-state index >= 15 is 0 Å². The van der Waals surface area contributed by atoms with Gasteiger partial charge in [0, 0.05) is 13.1 Å². The van der Waals surface area contributed by atoms with Crippen molar-refractivity contribution in [3.05, 3.63) is 71.3 Å². The highest BCUT2D eigenvalue weighted by Gasteiger charge is 2.44. The van der Waals surface area contributed by atoms with Crippen LogP contribution in [0.4, 0.5) is 0 Å². The zero-order chi connectivity index (χ0) is 18.9. The van der Waals surface area contributed by atoms with Crippen LogP contribution in [-0.2, 0) is 21.4 Å². The van der Waals surface area contributed by atoms with Crippen molar-refractivity contribution in [2.45, 2.75) is 43.4 Å². The smallest absolute Gasteiger partial charge is 0.314 e. The molecule has 2 aromatic rings. The van der Waals surface area contributed by atoms with Crippen LogP contribution in [0.5, 0.6) is 0 Å². The van der Waals surface area contributed by atoms with Gasteiger partial charge in [-0.3, -0.25) is 9.59 Å². The van der Waals surface area contributed by atoms with Crippen molar-refractivity contribution in [2.75, 3.05) is 13.1 Å². The molecule has 4 nitrogen and oxygen atoms in total. The van der Waals surface area contributed by atoms with E-state index in [-0.39, 0.29) is 11.8 Å². The van der Waals surface area contributed by atoms with E-state index in [1.54, 1.807) is 0 Å². The number of likely N-dealkylation sites (tertiary alicyclic amines) is 1. The molecule has 1 aliphatic carbocycles. The van der Waals surface area contributed by atoms with Crippen molar-refractivity contribution in [3.8, 4) is 0 Å². The zero-order valence-corrected chi connectivity index (χ0v) is 15.4. The lowest BCUT2D eigenvalue weighted by Crippen LogP contribution is -2.50.